The fourth-order valence-electron chi connectivity index (χ4n) is 3.67. The molecule has 156 valence electrons. The van der Waals surface area contributed by atoms with Crippen molar-refractivity contribution in [1.29, 1.82) is 0 Å². The number of aromatic hydroxyl groups is 1. The summed E-state index contributed by atoms with van der Waals surface area (Å²) in [5.74, 6) is 1.49. The summed E-state index contributed by atoms with van der Waals surface area (Å²) in [6.07, 6.45) is 4.20. The highest BCUT2D eigenvalue weighted by Gasteiger charge is 2.17. The number of phenols is 1. The van der Waals surface area contributed by atoms with Crippen LogP contribution in [0, 0.1) is 0 Å². The fraction of sp³-hybridized carbons (Fsp3) is 0.217. The molecule has 0 aliphatic carbocycles. The SMILES string of the molecule is CC(C)n1cnc2c(NCCc3ccccc3O)nc(-n3cnc4ccccc43)nc21. The van der Waals surface area contributed by atoms with E-state index in [2.05, 4.69) is 29.1 Å². The number of fused-ring (bicyclic) bond motifs is 2. The molecule has 0 saturated heterocycles. The van der Waals surface area contributed by atoms with Crippen LogP contribution in [0.4, 0.5) is 5.82 Å². The summed E-state index contributed by atoms with van der Waals surface area (Å²) in [6, 6.07) is 15.5. The van der Waals surface area contributed by atoms with Crippen LogP contribution < -0.4 is 5.32 Å². The van der Waals surface area contributed by atoms with E-state index in [0.717, 1.165) is 27.8 Å². The summed E-state index contributed by atoms with van der Waals surface area (Å²) >= 11 is 0. The minimum Gasteiger partial charge on any atom is -0.508 e. The minimum atomic E-state index is 0.210. The Labute approximate surface area is 179 Å². The summed E-state index contributed by atoms with van der Waals surface area (Å²) in [5.41, 5.74) is 4.20. The van der Waals surface area contributed by atoms with Gasteiger partial charge in [0.1, 0.15) is 12.1 Å². The average molecular weight is 413 g/mol. The smallest absolute Gasteiger partial charge is 0.239 e. The first-order chi connectivity index (χ1) is 15.1. The molecule has 8 nitrogen and oxygen atoms in total. The number of para-hydroxylation sites is 3. The standard InChI is InChI=1S/C23H23N7O/c1-15(2)29-14-26-20-21(24-12-11-16-7-3-6-10-19(16)31)27-23(28-22(20)29)30-13-25-17-8-4-5-9-18(17)30/h3-10,13-15,31H,11-12H2,1-2H3,(H,24,27,28). The Bertz CT molecular complexity index is 1370. The fourth-order valence-corrected chi connectivity index (χ4v) is 3.67. The molecule has 8 heteroatoms. The maximum absolute atomic E-state index is 10.0. The first-order valence-corrected chi connectivity index (χ1v) is 10.3. The van der Waals surface area contributed by atoms with Gasteiger partial charge in [-0.15, -0.1) is 0 Å². The third-order valence-electron chi connectivity index (χ3n) is 5.31. The molecule has 0 saturated carbocycles. The Morgan fingerprint density at radius 3 is 2.61 bits per heavy atom. The average Bonchev–Trinajstić information content (AvgIpc) is 3.39. The number of aromatic nitrogens is 6. The molecule has 31 heavy (non-hydrogen) atoms. The number of hydrogen-bond acceptors (Lipinski definition) is 6. The van der Waals surface area contributed by atoms with E-state index in [-0.39, 0.29) is 6.04 Å². The Balaban J connectivity index is 1.56. The molecule has 2 N–H and O–H groups in total. The highest BCUT2D eigenvalue weighted by atomic mass is 16.3. The molecule has 3 heterocycles. The zero-order valence-corrected chi connectivity index (χ0v) is 17.4. The summed E-state index contributed by atoms with van der Waals surface area (Å²) in [5, 5.41) is 13.4. The number of imidazole rings is 2. The maximum Gasteiger partial charge on any atom is 0.239 e. The number of anilines is 1. The monoisotopic (exact) mass is 413 g/mol. The largest absolute Gasteiger partial charge is 0.508 e. The maximum atomic E-state index is 10.0. The van der Waals surface area contributed by atoms with Gasteiger partial charge in [-0.3, -0.25) is 4.57 Å². The molecule has 5 rings (SSSR count). The van der Waals surface area contributed by atoms with Crippen molar-refractivity contribution >= 4 is 28.0 Å². The quantitative estimate of drug-likeness (QED) is 0.435. The van der Waals surface area contributed by atoms with Crippen LogP contribution in [0.25, 0.3) is 28.1 Å². The van der Waals surface area contributed by atoms with Gasteiger partial charge in [-0.05, 0) is 44.0 Å². The van der Waals surface area contributed by atoms with E-state index in [4.69, 9.17) is 9.97 Å². The summed E-state index contributed by atoms with van der Waals surface area (Å²) in [7, 11) is 0. The van der Waals surface area contributed by atoms with Crippen LogP contribution in [0.1, 0.15) is 25.5 Å². The first-order valence-electron chi connectivity index (χ1n) is 10.3. The zero-order chi connectivity index (χ0) is 21.4. The van der Waals surface area contributed by atoms with E-state index in [0.29, 0.717) is 30.5 Å². The molecule has 2 aromatic carbocycles. The van der Waals surface area contributed by atoms with Gasteiger partial charge in [0.05, 0.1) is 17.4 Å². The molecule has 0 unspecified atom stereocenters. The van der Waals surface area contributed by atoms with Crippen LogP contribution in [0.5, 0.6) is 5.75 Å². The highest BCUT2D eigenvalue weighted by Crippen LogP contribution is 2.25. The van der Waals surface area contributed by atoms with Crippen molar-refractivity contribution in [2.75, 3.05) is 11.9 Å². The molecule has 0 aliphatic rings. The molecule has 0 fully saturated rings. The number of rotatable bonds is 6. The van der Waals surface area contributed by atoms with Crippen molar-refractivity contribution in [3.05, 3.63) is 66.7 Å². The van der Waals surface area contributed by atoms with Crippen LogP contribution in [0.2, 0.25) is 0 Å². The van der Waals surface area contributed by atoms with E-state index in [9.17, 15) is 5.11 Å². The third kappa shape index (κ3) is 3.46. The van der Waals surface area contributed by atoms with E-state index >= 15 is 0 Å². The lowest BCUT2D eigenvalue weighted by Crippen LogP contribution is -2.11. The van der Waals surface area contributed by atoms with Gasteiger partial charge in [-0.2, -0.15) is 9.97 Å². The molecular weight excluding hydrogens is 390 g/mol. The number of hydrogen-bond donors (Lipinski definition) is 2. The van der Waals surface area contributed by atoms with Gasteiger partial charge in [0, 0.05) is 12.6 Å². The molecule has 0 spiro atoms. The normalized spacial score (nSPS) is 11.6. The third-order valence-corrected chi connectivity index (χ3v) is 5.31. The van der Waals surface area contributed by atoms with Gasteiger partial charge >= 0.3 is 0 Å². The topological polar surface area (TPSA) is 93.7 Å². The molecule has 3 aromatic heterocycles. The Kier molecular flexibility index (Phi) is 4.74. The first kappa shape index (κ1) is 19.0. The highest BCUT2D eigenvalue weighted by molar-refractivity contribution is 5.84. The van der Waals surface area contributed by atoms with E-state index in [1.807, 2.05) is 51.6 Å². The lowest BCUT2D eigenvalue weighted by Gasteiger charge is -2.12. The van der Waals surface area contributed by atoms with Crippen molar-refractivity contribution in [3.63, 3.8) is 0 Å². The van der Waals surface area contributed by atoms with E-state index in [1.54, 1.807) is 18.7 Å². The van der Waals surface area contributed by atoms with Crippen molar-refractivity contribution in [2.24, 2.45) is 0 Å². The predicted molar refractivity (Wildman–Crippen MR) is 121 cm³/mol. The van der Waals surface area contributed by atoms with Crippen molar-refractivity contribution < 1.29 is 5.11 Å². The van der Waals surface area contributed by atoms with Gasteiger partial charge in [0.2, 0.25) is 5.95 Å². The van der Waals surface area contributed by atoms with Gasteiger partial charge in [0.25, 0.3) is 0 Å². The molecule has 0 amide bonds. The van der Waals surface area contributed by atoms with Crippen LogP contribution in [0.3, 0.4) is 0 Å². The summed E-state index contributed by atoms with van der Waals surface area (Å²) in [6.45, 7) is 4.80. The lowest BCUT2D eigenvalue weighted by molar-refractivity contribution is 0.468. The molecule has 0 atom stereocenters. The van der Waals surface area contributed by atoms with Crippen molar-refractivity contribution in [2.45, 2.75) is 26.3 Å². The summed E-state index contributed by atoms with van der Waals surface area (Å²) in [4.78, 5) is 18.6. The summed E-state index contributed by atoms with van der Waals surface area (Å²) < 4.78 is 3.93. The second-order valence-corrected chi connectivity index (χ2v) is 7.70. The molecule has 5 aromatic rings. The second kappa shape index (κ2) is 7.71. The predicted octanol–water partition coefficient (Wildman–Crippen LogP) is 4.11. The van der Waals surface area contributed by atoms with Gasteiger partial charge in [-0.25, -0.2) is 9.97 Å². The Morgan fingerprint density at radius 1 is 0.968 bits per heavy atom. The zero-order valence-electron chi connectivity index (χ0n) is 17.4. The number of nitrogens with zero attached hydrogens (tertiary/aromatic N) is 6. The van der Waals surface area contributed by atoms with Crippen LogP contribution in [-0.2, 0) is 6.42 Å². The minimum absolute atomic E-state index is 0.210. The van der Waals surface area contributed by atoms with Crippen molar-refractivity contribution in [3.8, 4) is 11.7 Å². The number of phenolic OH excluding ortho intramolecular Hbond substituents is 1. The Hall–Kier alpha value is -3.94. The second-order valence-electron chi connectivity index (χ2n) is 7.70. The molecule has 0 aliphatic heterocycles. The van der Waals surface area contributed by atoms with Crippen molar-refractivity contribution in [1.82, 2.24) is 29.1 Å². The van der Waals surface area contributed by atoms with Crippen LogP contribution in [-0.4, -0.2) is 40.7 Å². The molecule has 0 bridgehead atoms. The van der Waals surface area contributed by atoms with Crippen LogP contribution in [0.15, 0.2) is 61.2 Å². The van der Waals surface area contributed by atoms with Gasteiger partial charge < -0.3 is 15.0 Å². The van der Waals surface area contributed by atoms with E-state index in [1.165, 1.54) is 0 Å². The van der Waals surface area contributed by atoms with Gasteiger partial charge in [0.15, 0.2) is 17.0 Å². The Morgan fingerprint density at radius 2 is 1.77 bits per heavy atom. The molecule has 0 radical (unpaired) electrons. The van der Waals surface area contributed by atoms with Gasteiger partial charge in [-0.1, -0.05) is 30.3 Å². The number of nitrogens with one attached hydrogen (secondary N) is 1. The molecular formula is C23H23N7O. The lowest BCUT2D eigenvalue weighted by atomic mass is 10.1. The number of benzene rings is 2. The van der Waals surface area contributed by atoms with E-state index < -0.39 is 0 Å². The van der Waals surface area contributed by atoms with Crippen LogP contribution >= 0.6 is 0 Å².